The van der Waals surface area contributed by atoms with Crippen molar-refractivity contribution in [2.75, 3.05) is 43.5 Å². The molecule has 6 rings (SSSR count). The second kappa shape index (κ2) is 16.4. The third-order valence-electron chi connectivity index (χ3n) is 7.90. The normalized spacial score (nSPS) is 17.1. The van der Waals surface area contributed by atoms with Crippen molar-refractivity contribution < 1.29 is 14.7 Å². The minimum atomic E-state index is -0.341. The summed E-state index contributed by atoms with van der Waals surface area (Å²) in [6.45, 7) is 10.7. The van der Waals surface area contributed by atoms with E-state index in [4.69, 9.17) is 21.7 Å². The van der Waals surface area contributed by atoms with Gasteiger partial charge < -0.3 is 20.1 Å². The molecule has 0 bridgehead atoms. The summed E-state index contributed by atoms with van der Waals surface area (Å²) in [7, 11) is 1.00. The highest BCUT2D eigenvalue weighted by Gasteiger charge is 2.48. The summed E-state index contributed by atoms with van der Waals surface area (Å²) >= 11 is 6.48. The number of hydrogen-bond acceptors (Lipinski definition) is 8. The quantitative estimate of drug-likeness (QED) is 0.293. The molecule has 4 heterocycles. The van der Waals surface area contributed by atoms with Gasteiger partial charge in [0.25, 0.3) is 0 Å². The van der Waals surface area contributed by atoms with E-state index in [9.17, 15) is 9.59 Å². The highest BCUT2D eigenvalue weighted by atomic mass is 35.5. The zero-order valence-electron chi connectivity index (χ0n) is 26.0. The molecule has 1 aromatic carbocycles. The molecule has 3 aromatic rings. The molecule has 2 aromatic heterocycles. The number of anilines is 3. The molecule has 2 aliphatic heterocycles. The van der Waals surface area contributed by atoms with Crippen molar-refractivity contribution in [2.24, 2.45) is 5.41 Å². The maximum atomic E-state index is 13.5. The van der Waals surface area contributed by atoms with Gasteiger partial charge in [-0.2, -0.15) is 0 Å². The molecule has 2 N–H and O–H groups in total. The molecular weight excluding hydrogens is 564 g/mol. The molecule has 0 radical (unpaired) electrons. The van der Waals surface area contributed by atoms with Crippen LogP contribution in [0.5, 0.6) is 0 Å². The number of aliphatic hydroxyl groups excluding tert-OH is 1. The fourth-order valence-corrected chi connectivity index (χ4v) is 5.76. The number of carbonyl (C=O) groups excluding carboxylic acids is 2. The van der Waals surface area contributed by atoms with Gasteiger partial charge in [-0.3, -0.25) is 14.7 Å². The SMILES string of the molecule is CC.CC.CO.O=CCN1CCC2(CC1)CCN(c1cncc(Nc3ncc(Cl)c(-c4cccc(C5CC5)c4)n3)c1)C2=O. The number of amides is 1. The Bertz CT molecular complexity index is 1340. The Labute approximate surface area is 260 Å². The average molecular weight is 609 g/mol. The first kappa shape index (κ1) is 34.1. The first-order valence-electron chi connectivity index (χ1n) is 15.3. The predicted molar refractivity (Wildman–Crippen MR) is 174 cm³/mol. The van der Waals surface area contributed by atoms with Crippen LogP contribution in [0, 0.1) is 5.41 Å². The lowest BCUT2D eigenvalue weighted by atomic mass is 9.77. The Morgan fingerprint density at radius 2 is 1.72 bits per heavy atom. The molecule has 1 aliphatic carbocycles. The largest absolute Gasteiger partial charge is 0.400 e. The minimum absolute atomic E-state index is 0.151. The molecule has 43 heavy (non-hydrogen) atoms. The van der Waals surface area contributed by atoms with Crippen LogP contribution in [-0.2, 0) is 9.59 Å². The van der Waals surface area contributed by atoms with Gasteiger partial charge >= 0.3 is 0 Å². The number of pyridine rings is 1. The number of nitrogens with zero attached hydrogens (tertiary/aromatic N) is 5. The van der Waals surface area contributed by atoms with E-state index in [-0.39, 0.29) is 11.3 Å². The molecular formula is C33H45ClN6O3. The van der Waals surface area contributed by atoms with E-state index in [1.807, 2.05) is 50.8 Å². The van der Waals surface area contributed by atoms with Crippen molar-refractivity contribution in [1.29, 1.82) is 0 Å². The van der Waals surface area contributed by atoms with Gasteiger partial charge in [0.1, 0.15) is 6.29 Å². The number of likely N-dealkylation sites (tertiary alicyclic amines) is 1. The van der Waals surface area contributed by atoms with Gasteiger partial charge in [0.2, 0.25) is 11.9 Å². The molecule has 2 saturated heterocycles. The second-order valence-electron chi connectivity index (χ2n) is 10.3. The van der Waals surface area contributed by atoms with Crippen LogP contribution < -0.4 is 10.2 Å². The first-order chi connectivity index (χ1) is 21.0. The second-order valence-corrected chi connectivity index (χ2v) is 10.7. The number of rotatable bonds is 7. The van der Waals surface area contributed by atoms with Crippen LogP contribution in [0.1, 0.15) is 71.3 Å². The lowest BCUT2D eigenvalue weighted by Gasteiger charge is -2.37. The third kappa shape index (κ3) is 8.16. The van der Waals surface area contributed by atoms with Gasteiger partial charge in [-0.15, -0.1) is 0 Å². The van der Waals surface area contributed by atoms with E-state index < -0.39 is 0 Å². The summed E-state index contributed by atoms with van der Waals surface area (Å²) in [5, 5.41) is 10.7. The highest BCUT2D eigenvalue weighted by molar-refractivity contribution is 6.32. The maximum Gasteiger partial charge on any atom is 0.233 e. The number of aromatic nitrogens is 3. The van der Waals surface area contributed by atoms with Crippen LogP contribution in [0.3, 0.4) is 0 Å². The smallest absolute Gasteiger partial charge is 0.233 e. The fraction of sp³-hybridized carbons (Fsp3) is 0.485. The number of hydrogen-bond donors (Lipinski definition) is 2. The van der Waals surface area contributed by atoms with E-state index in [1.165, 1.54) is 18.4 Å². The Kier molecular flexibility index (Phi) is 13.0. The standard InChI is InChI=1S/C28H29ClN6O2.2C2H6.CH4O/c29-24-18-31-27(33-25(24)21-3-1-2-20(14-21)19-4-5-19)32-22-15-23(17-30-16-22)35-11-8-28(26(35)37)6-9-34(10-7-28)12-13-36;3*1-2/h1-3,13-19H,4-12H2,(H,31,32,33);2*1-2H3;2H,1H3. The number of aldehydes is 1. The van der Waals surface area contributed by atoms with Crippen molar-refractivity contribution in [1.82, 2.24) is 19.9 Å². The van der Waals surface area contributed by atoms with E-state index in [0.717, 1.165) is 57.0 Å². The number of nitrogens with one attached hydrogen (secondary N) is 1. The molecule has 232 valence electrons. The van der Waals surface area contributed by atoms with E-state index in [0.29, 0.717) is 41.4 Å². The minimum Gasteiger partial charge on any atom is -0.400 e. The van der Waals surface area contributed by atoms with Crippen LogP contribution in [0.4, 0.5) is 17.3 Å². The zero-order chi connectivity index (χ0) is 31.4. The average Bonchev–Trinajstić information content (AvgIpc) is 3.87. The Balaban J connectivity index is 0.000000796. The Morgan fingerprint density at radius 3 is 2.40 bits per heavy atom. The molecule has 0 atom stereocenters. The Morgan fingerprint density at radius 1 is 1.02 bits per heavy atom. The van der Waals surface area contributed by atoms with Gasteiger partial charge in [0, 0.05) is 19.2 Å². The number of piperidine rings is 1. The summed E-state index contributed by atoms with van der Waals surface area (Å²) in [5.41, 5.74) is 4.09. The number of carbonyl (C=O) groups is 2. The number of halogens is 1. The molecule has 3 aliphatic rings. The summed E-state index contributed by atoms with van der Waals surface area (Å²) in [4.78, 5) is 41.7. The van der Waals surface area contributed by atoms with Crippen LogP contribution in [0.2, 0.25) is 5.02 Å². The van der Waals surface area contributed by atoms with Crippen LogP contribution in [0.25, 0.3) is 11.3 Å². The van der Waals surface area contributed by atoms with Gasteiger partial charge in [-0.05, 0) is 68.8 Å². The van der Waals surface area contributed by atoms with E-state index in [1.54, 1.807) is 18.6 Å². The predicted octanol–water partition coefficient (Wildman–Crippen LogP) is 6.49. The molecule has 0 unspecified atom stereocenters. The number of aliphatic hydroxyl groups is 1. The van der Waals surface area contributed by atoms with Gasteiger partial charge in [-0.1, -0.05) is 57.5 Å². The summed E-state index contributed by atoms with van der Waals surface area (Å²) < 4.78 is 0. The molecule has 1 amide bonds. The van der Waals surface area contributed by atoms with E-state index in [2.05, 4.69) is 32.3 Å². The van der Waals surface area contributed by atoms with Crippen LogP contribution in [-0.4, -0.2) is 70.4 Å². The van der Waals surface area contributed by atoms with E-state index >= 15 is 0 Å². The van der Waals surface area contributed by atoms with Crippen LogP contribution >= 0.6 is 11.6 Å². The Hall–Kier alpha value is -3.40. The molecule has 9 nitrogen and oxygen atoms in total. The fourth-order valence-electron chi connectivity index (χ4n) is 5.56. The molecule has 10 heteroatoms. The van der Waals surface area contributed by atoms with Crippen molar-refractivity contribution in [3.8, 4) is 11.3 Å². The van der Waals surface area contributed by atoms with Gasteiger partial charge in [-0.25, -0.2) is 9.97 Å². The summed E-state index contributed by atoms with van der Waals surface area (Å²) in [6, 6.07) is 10.3. The highest BCUT2D eigenvalue weighted by Crippen LogP contribution is 2.44. The van der Waals surface area contributed by atoms with Crippen molar-refractivity contribution in [3.63, 3.8) is 0 Å². The van der Waals surface area contributed by atoms with Gasteiger partial charge in [0.15, 0.2) is 0 Å². The third-order valence-corrected chi connectivity index (χ3v) is 8.18. The monoisotopic (exact) mass is 608 g/mol. The summed E-state index contributed by atoms with van der Waals surface area (Å²) in [5.74, 6) is 1.21. The topological polar surface area (TPSA) is 112 Å². The first-order valence-corrected chi connectivity index (χ1v) is 15.7. The molecule has 3 fully saturated rings. The lowest BCUT2D eigenvalue weighted by Crippen LogP contribution is -2.45. The van der Waals surface area contributed by atoms with Crippen molar-refractivity contribution in [3.05, 3.63) is 59.5 Å². The molecule has 1 spiro atoms. The zero-order valence-corrected chi connectivity index (χ0v) is 26.8. The molecule has 1 saturated carbocycles. The lowest BCUT2D eigenvalue weighted by molar-refractivity contribution is -0.128. The van der Waals surface area contributed by atoms with Crippen molar-refractivity contribution in [2.45, 2.75) is 65.7 Å². The van der Waals surface area contributed by atoms with Gasteiger partial charge in [0.05, 0.1) is 52.6 Å². The summed E-state index contributed by atoms with van der Waals surface area (Å²) in [6.07, 6.45) is 10.8. The van der Waals surface area contributed by atoms with Crippen molar-refractivity contribution >= 4 is 41.1 Å². The maximum absolute atomic E-state index is 13.5. The number of benzene rings is 1. The van der Waals surface area contributed by atoms with Crippen LogP contribution in [0.15, 0.2) is 48.9 Å².